The quantitative estimate of drug-likeness (QED) is 0.514. The lowest BCUT2D eigenvalue weighted by molar-refractivity contribution is 0.415. The van der Waals surface area contributed by atoms with E-state index < -0.39 is 0 Å². The Balaban J connectivity index is 2.12. The summed E-state index contributed by atoms with van der Waals surface area (Å²) in [6.45, 7) is 0. The highest BCUT2D eigenvalue weighted by molar-refractivity contribution is 6.30. The number of hydrogen-bond donors (Lipinski definition) is 1. The number of aromatic nitrogens is 3. The second kappa shape index (κ2) is 5.45. The Labute approximate surface area is 129 Å². The fourth-order valence-corrected chi connectivity index (χ4v) is 2.30. The molecule has 0 saturated carbocycles. The fraction of sp³-hybridized carbons (Fsp3) is 0.125. The number of fused-ring (bicyclic) bond motifs is 1. The van der Waals surface area contributed by atoms with Gasteiger partial charge in [-0.25, -0.2) is 9.97 Å². The molecule has 0 spiro atoms. The molecule has 6 heteroatoms. The minimum absolute atomic E-state index is 0.343. The molecule has 0 bridgehead atoms. The van der Waals surface area contributed by atoms with E-state index >= 15 is 0 Å². The van der Waals surface area contributed by atoms with Gasteiger partial charge in [0.1, 0.15) is 5.75 Å². The second-order valence-electron chi connectivity index (χ2n) is 5.03. The van der Waals surface area contributed by atoms with Gasteiger partial charge in [0.2, 0.25) is 0 Å². The summed E-state index contributed by atoms with van der Waals surface area (Å²) in [5.74, 6) is 7.29. The average Bonchev–Trinajstić information content (AvgIpc) is 2.84. The molecule has 22 heavy (non-hydrogen) atoms. The third-order valence-corrected chi connectivity index (χ3v) is 3.43. The van der Waals surface area contributed by atoms with Gasteiger partial charge in [-0.05, 0) is 24.1 Å². The highest BCUT2D eigenvalue weighted by Crippen LogP contribution is 2.24. The number of methoxy groups -OCH3 is 1. The third kappa shape index (κ3) is 2.49. The molecule has 0 radical (unpaired) electrons. The highest BCUT2D eigenvalue weighted by Gasteiger charge is 2.06. The molecule has 0 fully saturated rings. The van der Waals surface area contributed by atoms with Crippen LogP contribution in [0, 0.1) is 11.8 Å². The first-order chi connectivity index (χ1) is 10.6. The Bertz CT molecular complexity index is 921. The van der Waals surface area contributed by atoms with Gasteiger partial charge in [-0.3, -0.25) is 0 Å². The molecule has 3 aromatic rings. The summed E-state index contributed by atoms with van der Waals surface area (Å²) in [6.07, 6.45) is 3.61. The van der Waals surface area contributed by atoms with Gasteiger partial charge < -0.3 is 15.0 Å². The summed E-state index contributed by atoms with van der Waals surface area (Å²) in [4.78, 5) is 8.39. The van der Waals surface area contributed by atoms with E-state index in [1.54, 1.807) is 13.3 Å². The van der Waals surface area contributed by atoms with Crippen LogP contribution in [0.5, 0.6) is 5.75 Å². The normalized spacial score (nSPS) is 10.3. The summed E-state index contributed by atoms with van der Waals surface area (Å²) >= 11 is 0. The van der Waals surface area contributed by atoms with Gasteiger partial charge in [-0.1, -0.05) is 5.92 Å². The van der Waals surface area contributed by atoms with Crippen LogP contribution in [-0.2, 0) is 7.05 Å². The first-order valence-corrected chi connectivity index (χ1v) is 6.82. The van der Waals surface area contributed by atoms with Gasteiger partial charge >= 0.3 is 0 Å². The predicted molar refractivity (Wildman–Crippen MR) is 90.1 cm³/mol. The number of nitrogens with two attached hydrogens (primary N) is 1. The molecule has 2 N–H and O–H groups in total. The van der Waals surface area contributed by atoms with E-state index in [-0.39, 0.29) is 0 Å². The maximum absolute atomic E-state index is 5.82. The van der Waals surface area contributed by atoms with Crippen molar-refractivity contribution < 1.29 is 4.74 Å². The zero-order valence-electron chi connectivity index (χ0n) is 12.7. The second-order valence-corrected chi connectivity index (χ2v) is 5.03. The van der Waals surface area contributed by atoms with Crippen LogP contribution >= 0.6 is 0 Å². The number of ether oxygens (including phenoxy) is 1. The summed E-state index contributed by atoms with van der Waals surface area (Å²) < 4.78 is 7.32. The molecular formula is C16H15BN4O. The van der Waals surface area contributed by atoms with Crippen molar-refractivity contribution >= 4 is 30.2 Å². The van der Waals surface area contributed by atoms with Crippen LogP contribution in [0.4, 0.5) is 5.82 Å². The molecule has 3 rings (SSSR count). The van der Waals surface area contributed by atoms with E-state index in [1.165, 1.54) is 0 Å². The summed E-state index contributed by atoms with van der Waals surface area (Å²) in [6, 6.07) is 5.92. The van der Waals surface area contributed by atoms with Crippen molar-refractivity contribution in [2.24, 2.45) is 7.05 Å². The van der Waals surface area contributed by atoms with Crippen molar-refractivity contribution in [3.8, 4) is 17.6 Å². The van der Waals surface area contributed by atoms with Crippen LogP contribution in [0.15, 0.2) is 30.6 Å². The molecule has 2 aromatic heterocycles. The number of nitrogen functional groups attached to an aromatic ring is 1. The van der Waals surface area contributed by atoms with E-state index in [1.807, 2.05) is 43.9 Å². The molecule has 1 aromatic carbocycles. The number of rotatable bonds is 1. The van der Waals surface area contributed by atoms with Crippen LogP contribution in [-0.4, -0.2) is 29.5 Å². The Morgan fingerprint density at radius 2 is 2.14 bits per heavy atom. The van der Waals surface area contributed by atoms with Crippen LogP contribution in [0.2, 0.25) is 0 Å². The van der Waals surface area contributed by atoms with Gasteiger partial charge in [0.15, 0.2) is 19.4 Å². The molecule has 5 nitrogen and oxygen atoms in total. The van der Waals surface area contributed by atoms with Crippen molar-refractivity contribution in [3.63, 3.8) is 0 Å². The minimum atomic E-state index is 0.343. The first kappa shape index (κ1) is 14.0. The van der Waals surface area contributed by atoms with E-state index in [4.69, 9.17) is 10.5 Å². The van der Waals surface area contributed by atoms with Crippen LogP contribution in [0.1, 0.15) is 11.3 Å². The molecule has 2 heterocycles. The van der Waals surface area contributed by atoms with Crippen molar-refractivity contribution in [2.75, 3.05) is 12.8 Å². The highest BCUT2D eigenvalue weighted by atomic mass is 16.5. The lowest BCUT2D eigenvalue weighted by Crippen LogP contribution is -2.13. The minimum Gasteiger partial charge on any atom is -0.497 e. The van der Waals surface area contributed by atoms with Crippen molar-refractivity contribution in [3.05, 3.63) is 41.9 Å². The van der Waals surface area contributed by atoms with E-state index in [0.717, 1.165) is 27.8 Å². The maximum Gasteiger partial charge on any atom is 0.166 e. The standard InChI is InChI=1S/C16H15BN4O/c1-21-9-10(12-7-11(22-2)4-6-14(12)21)3-5-13-16(18)19-8-15(17)20-13/h4,6-9H,17H2,1-2H3,(H2,18,19). The van der Waals surface area contributed by atoms with Crippen LogP contribution in [0.25, 0.3) is 10.9 Å². The number of hydrogen-bond acceptors (Lipinski definition) is 4. The smallest absolute Gasteiger partial charge is 0.166 e. The summed E-state index contributed by atoms with van der Waals surface area (Å²) in [5.41, 5.74) is 9.10. The summed E-state index contributed by atoms with van der Waals surface area (Å²) in [7, 11) is 5.50. The Kier molecular flexibility index (Phi) is 3.47. The molecule has 0 amide bonds. The fourth-order valence-electron chi connectivity index (χ4n) is 2.30. The zero-order chi connectivity index (χ0) is 15.7. The van der Waals surface area contributed by atoms with Gasteiger partial charge in [0.05, 0.1) is 12.7 Å². The molecule has 0 atom stereocenters. The third-order valence-electron chi connectivity index (χ3n) is 3.43. The first-order valence-electron chi connectivity index (χ1n) is 6.82. The van der Waals surface area contributed by atoms with Crippen LogP contribution < -0.4 is 16.1 Å². The Morgan fingerprint density at radius 1 is 1.32 bits per heavy atom. The SMILES string of the molecule is Bc1cnc(N)c(C#Cc2cn(C)c3ccc(OC)cc23)n1. The molecule has 0 aliphatic heterocycles. The Hall–Kier alpha value is -2.94. The molecule has 0 aliphatic rings. The maximum atomic E-state index is 5.82. The lowest BCUT2D eigenvalue weighted by Gasteiger charge is -2.00. The molecule has 108 valence electrons. The van der Waals surface area contributed by atoms with Gasteiger partial charge in [-0.2, -0.15) is 0 Å². The van der Waals surface area contributed by atoms with E-state index in [2.05, 4.69) is 21.8 Å². The number of benzene rings is 1. The monoisotopic (exact) mass is 290 g/mol. The number of nitrogens with zero attached hydrogens (tertiary/aromatic N) is 3. The molecule has 0 saturated heterocycles. The van der Waals surface area contributed by atoms with E-state index in [9.17, 15) is 0 Å². The van der Waals surface area contributed by atoms with Crippen LogP contribution in [0.3, 0.4) is 0 Å². The van der Waals surface area contributed by atoms with Crippen molar-refractivity contribution in [1.82, 2.24) is 14.5 Å². The topological polar surface area (TPSA) is 66.0 Å². The Morgan fingerprint density at radius 3 is 2.91 bits per heavy atom. The zero-order valence-corrected chi connectivity index (χ0v) is 12.7. The van der Waals surface area contributed by atoms with Gasteiger partial charge in [0, 0.05) is 35.9 Å². The number of aryl methyl sites for hydroxylation is 1. The largest absolute Gasteiger partial charge is 0.497 e. The lowest BCUT2D eigenvalue weighted by atomic mass is 10.1. The molecular weight excluding hydrogens is 275 g/mol. The average molecular weight is 290 g/mol. The molecule has 0 aliphatic carbocycles. The van der Waals surface area contributed by atoms with Gasteiger partial charge in [-0.15, -0.1) is 0 Å². The van der Waals surface area contributed by atoms with Crippen molar-refractivity contribution in [1.29, 1.82) is 0 Å². The predicted octanol–water partition coefficient (Wildman–Crippen LogP) is 0.217. The van der Waals surface area contributed by atoms with E-state index in [0.29, 0.717) is 11.5 Å². The van der Waals surface area contributed by atoms with Crippen molar-refractivity contribution in [2.45, 2.75) is 0 Å². The number of anilines is 1. The molecule has 0 unspecified atom stereocenters. The van der Waals surface area contributed by atoms with Gasteiger partial charge in [0.25, 0.3) is 0 Å². The summed E-state index contributed by atoms with van der Waals surface area (Å²) in [5, 5.41) is 1.04.